The summed E-state index contributed by atoms with van der Waals surface area (Å²) in [5.74, 6) is -0.467. The number of aromatic amines is 1. The highest BCUT2D eigenvalue weighted by atomic mass is 32.1. The molecule has 0 unspecified atom stereocenters. The lowest BCUT2D eigenvalue weighted by Crippen LogP contribution is -2.23. The van der Waals surface area contributed by atoms with Crippen molar-refractivity contribution in [3.8, 4) is 5.75 Å². The Kier molecular flexibility index (Phi) is 4.52. The van der Waals surface area contributed by atoms with Gasteiger partial charge in [-0.05, 0) is 54.9 Å². The van der Waals surface area contributed by atoms with E-state index in [2.05, 4.69) is 24.1 Å². The molecule has 0 fully saturated rings. The number of thiophene rings is 1. The maximum Gasteiger partial charge on any atom is 0.265 e. The van der Waals surface area contributed by atoms with Gasteiger partial charge in [0.25, 0.3) is 11.5 Å². The normalized spacial score (nSPS) is 13.7. The highest BCUT2D eigenvalue weighted by molar-refractivity contribution is 7.18. The van der Waals surface area contributed by atoms with Gasteiger partial charge in [0.15, 0.2) is 0 Å². The van der Waals surface area contributed by atoms with Gasteiger partial charge in [-0.2, -0.15) is 0 Å². The molecule has 1 aliphatic carbocycles. The van der Waals surface area contributed by atoms with E-state index in [1.807, 2.05) is 18.2 Å². The number of anilines is 1. The molecule has 6 heteroatoms. The molecule has 0 radical (unpaired) electrons. The number of aromatic hydroxyl groups is 1. The predicted octanol–water partition coefficient (Wildman–Crippen LogP) is 4.55. The lowest BCUT2D eigenvalue weighted by Gasteiger charge is -2.12. The molecule has 3 N–H and O–H groups in total. The SMILES string of the molecule is CC(C)c1cccc(NC(=O)c2c(O)c3c4c(sc3[nH]c2=O)CCCC4)c1. The maximum absolute atomic E-state index is 12.8. The zero-order chi connectivity index (χ0) is 19.1. The van der Waals surface area contributed by atoms with Crippen LogP contribution in [0.4, 0.5) is 5.69 Å². The molecule has 1 amide bonds. The van der Waals surface area contributed by atoms with Gasteiger partial charge < -0.3 is 15.4 Å². The summed E-state index contributed by atoms with van der Waals surface area (Å²) in [6.45, 7) is 4.15. The van der Waals surface area contributed by atoms with E-state index in [1.165, 1.54) is 16.2 Å². The quantitative estimate of drug-likeness (QED) is 0.621. The number of aryl methyl sites for hydroxylation is 2. The molecule has 2 aromatic heterocycles. The van der Waals surface area contributed by atoms with Gasteiger partial charge in [-0.1, -0.05) is 26.0 Å². The van der Waals surface area contributed by atoms with Crippen LogP contribution in [0.1, 0.15) is 59.0 Å². The highest BCUT2D eigenvalue weighted by Gasteiger charge is 2.25. The van der Waals surface area contributed by atoms with Crippen molar-refractivity contribution in [2.75, 3.05) is 5.32 Å². The Labute approximate surface area is 161 Å². The lowest BCUT2D eigenvalue weighted by atomic mass is 9.96. The second-order valence-corrected chi connectivity index (χ2v) is 8.43. The largest absolute Gasteiger partial charge is 0.506 e. The minimum absolute atomic E-state index is 0.203. The number of amides is 1. The predicted molar refractivity (Wildman–Crippen MR) is 109 cm³/mol. The van der Waals surface area contributed by atoms with Gasteiger partial charge in [0.05, 0.1) is 5.39 Å². The van der Waals surface area contributed by atoms with Crippen molar-refractivity contribution >= 4 is 33.1 Å². The van der Waals surface area contributed by atoms with E-state index in [0.717, 1.165) is 36.8 Å². The third kappa shape index (κ3) is 3.14. The van der Waals surface area contributed by atoms with Crippen LogP contribution in [0.15, 0.2) is 29.1 Å². The summed E-state index contributed by atoms with van der Waals surface area (Å²) in [6, 6.07) is 7.53. The van der Waals surface area contributed by atoms with Crippen molar-refractivity contribution in [2.45, 2.75) is 45.4 Å². The van der Waals surface area contributed by atoms with Crippen LogP contribution in [-0.2, 0) is 12.8 Å². The molecular formula is C21H22N2O3S. The van der Waals surface area contributed by atoms with Crippen molar-refractivity contribution < 1.29 is 9.90 Å². The van der Waals surface area contributed by atoms with Gasteiger partial charge in [0.1, 0.15) is 16.1 Å². The van der Waals surface area contributed by atoms with Gasteiger partial charge in [0.2, 0.25) is 0 Å². The summed E-state index contributed by atoms with van der Waals surface area (Å²) < 4.78 is 0. The van der Waals surface area contributed by atoms with E-state index in [0.29, 0.717) is 21.8 Å². The van der Waals surface area contributed by atoms with Gasteiger partial charge in [-0.25, -0.2) is 0 Å². The van der Waals surface area contributed by atoms with Gasteiger partial charge >= 0.3 is 0 Å². The molecule has 0 atom stereocenters. The number of pyridine rings is 1. The average molecular weight is 382 g/mol. The first-order valence-electron chi connectivity index (χ1n) is 9.26. The second kappa shape index (κ2) is 6.85. The molecule has 4 rings (SSSR count). The number of carbonyl (C=O) groups is 1. The molecule has 0 bridgehead atoms. The summed E-state index contributed by atoms with van der Waals surface area (Å²) in [4.78, 5) is 29.9. The van der Waals surface area contributed by atoms with E-state index >= 15 is 0 Å². The van der Waals surface area contributed by atoms with Crippen LogP contribution in [-0.4, -0.2) is 16.0 Å². The fourth-order valence-electron chi connectivity index (χ4n) is 3.68. The number of aromatic nitrogens is 1. The Balaban J connectivity index is 1.76. The summed E-state index contributed by atoms with van der Waals surface area (Å²) in [5.41, 5.74) is 2.00. The Morgan fingerprint density at radius 1 is 1.26 bits per heavy atom. The molecule has 27 heavy (non-hydrogen) atoms. The highest BCUT2D eigenvalue weighted by Crippen LogP contribution is 2.40. The number of rotatable bonds is 3. The van der Waals surface area contributed by atoms with Crippen LogP contribution in [0.3, 0.4) is 0 Å². The topological polar surface area (TPSA) is 82.2 Å². The summed E-state index contributed by atoms with van der Waals surface area (Å²) >= 11 is 1.51. The monoisotopic (exact) mass is 382 g/mol. The molecule has 2 heterocycles. The first kappa shape index (κ1) is 17.8. The van der Waals surface area contributed by atoms with E-state index < -0.39 is 11.5 Å². The van der Waals surface area contributed by atoms with Gasteiger partial charge in [-0.3, -0.25) is 9.59 Å². The summed E-state index contributed by atoms with van der Waals surface area (Å²) in [6.07, 6.45) is 4.00. The lowest BCUT2D eigenvalue weighted by molar-refractivity contribution is 0.102. The molecule has 3 aromatic rings. The smallest absolute Gasteiger partial charge is 0.265 e. The van der Waals surface area contributed by atoms with E-state index in [4.69, 9.17) is 0 Å². The third-order valence-corrected chi connectivity index (χ3v) is 6.34. The number of H-pyrrole nitrogens is 1. The van der Waals surface area contributed by atoms with Crippen LogP contribution in [0.2, 0.25) is 0 Å². The van der Waals surface area contributed by atoms with Crippen molar-refractivity contribution in [1.82, 2.24) is 4.98 Å². The molecule has 1 aromatic carbocycles. The van der Waals surface area contributed by atoms with Crippen molar-refractivity contribution in [2.24, 2.45) is 0 Å². The van der Waals surface area contributed by atoms with Crippen molar-refractivity contribution in [1.29, 1.82) is 0 Å². The van der Waals surface area contributed by atoms with Crippen molar-refractivity contribution in [3.63, 3.8) is 0 Å². The third-order valence-electron chi connectivity index (χ3n) is 5.14. The van der Waals surface area contributed by atoms with Crippen LogP contribution in [0.5, 0.6) is 5.75 Å². The molecule has 0 saturated heterocycles. The van der Waals surface area contributed by atoms with Gasteiger partial charge in [-0.15, -0.1) is 11.3 Å². The first-order valence-corrected chi connectivity index (χ1v) is 10.1. The number of nitrogens with one attached hydrogen (secondary N) is 2. The Hall–Kier alpha value is -2.60. The Morgan fingerprint density at radius 2 is 2.04 bits per heavy atom. The number of benzene rings is 1. The zero-order valence-electron chi connectivity index (χ0n) is 15.4. The maximum atomic E-state index is 12.8. The molecule has 0 saturated carbocycles. The molecule has 1 aliphatic rings. The molecule has 0 spiro atoms. The summed E-state index contributed by atoms with van der Waals surface area (Å²) in [5, 5.41) is 14.2. The number of hydrogen-bond donors (Lipinski definition) is 3. The van der Waals surface area contributed by atoms with Crippen LogP contribution in [0, 0.1) is 0 Å². The second-order valence-electron chi connectivity index (χ2n) is 7.33. The van der Waals surface area contributed by atoms with Crippen LogP contribution >= 0.6 is 11.3 Å². The Bertz CT molecular complexity index is 1090. The summed E-state index contributed by atoms with van der Waals surface area (Å²) in [7, 11) is 0. The first-order chi connectivity index (χ1) is 13.0. The molecule has 140 valence electrons. The number of fused-ring (bicyclic) bond motifs is 3. The minimum Gasteiger partial charge on any atom is -0.506 e. The van der Waals surface area contributed by atoms with Gasteiger partial charge in [0, 0.05) is 10.6 Å². The zero-order valence-corrected chi connectivity index (χ0v) is 16.2. The number of carbonyl (C=O) groups excluding carboxylic acids is 1. The fraction of sp³-hybridized carbons (Fsp3) is 0.333. The van der Waals surface area contributed by atoms with E-state index in [9.17, 15) is 14.7 Å². The van der Waals surface area contributed by atoms with Crippen LogP contribution in [0.25, 0.3) is 10.2 Å². The van der Waals surface area contributed by atoms with E-state index in [-0.39, 0.29) is 11.3 Å². The Morgan fingerprint density at radius 3 is 2.81 bits per heavy atom. The molecule has 0 aliphatic heterocycles. The van der Waals surface area contributed by atoms with Crippen molar-refractivity contribution in [3.05, 3.63) is 56.2 Å². The standard InChI is InChI=1S/C21H22N2O3S/c1-11(2)12-6-5-7-13(10-12)22-19(25)17-18(24)16-14-8-3-4-9-15(14)27-21(16)23-20(17)26/h5-7,10-11H,3-4,8-9H2,1-2H3,(H,22,25)(H2,23,24,26). The minimum atomic E-state index is -0.590. The fourth-order valence-corrected chi connectivity index (χ4v) is 4.97. The molecular weight excluding hydrogens is 360 g/mol. The van der Waals surface area contributed by atoms with Crippen LogP contribution < -0.4 is 10.9 Å². The van der Waals surface area contributed by atoms with E-state index in [1.54, 1.807) is 6.07 Å². The molecule has 5 nitrogen and oxygen atoms in total. The average Bonchev–Trinajstić information content (AvgIpc) is 3.00. The number of hydrogen-bond acceptors (Lipinski definition) is 4.